The molecule has 0 atom stereocenters. The maximum atomic E-state index is 10.9. The smallest absolute Gasteiger partial charge is 0.172 e. The summed E-state index contributed by atoms with van der Waals surface area (Å²) in [7, 11) is 1.47. The van der Waals surface area contributed by atoms with Crippen LogP contribution in [0.5, 0.6) is 11.5 Å². The first kappa shape index (κ1) is 11.0. The summed E-state index contributed by atoms with van der Waals surface area (Å²) in [4.78, 5) is 10.9. The number of carbonyl (C=O) groups is 1. The number of ether oxygens (including phenoxy) is 1. The molecule has 0 radical (unpaired) electrons. The Hall–Kier alpha value is -1.03. The first-order chi connectivity index (χ1) is 6.54. The van der Waals surface area contributed by atoms with Crippen molar-refractivity contribution >= 4 is 21.7 Å². The molecule has 1 aromatic carbocycles. The quantitative estimate of drug-likeness (QED) is 0.905. The number of carbonyl (C=O) groups excluding carboxylic acids is 1. The minimum atomic E-state index is 0.0554. The Kier molecular flexibility index (Phi) is 3.52. The summed E-state index contributed by atoms with van der Waals surface area (Å²) < 4.78 is 5.49. The third-order valence-corrected chi connectivity index (χ3v) is 2.37. The largest absolute Gasteiger partial charge is 0.503 e. The molecule has 0 saturated heterocycles. The molecular weight excluding hydrogens is 248 g/mol. The molecule has 0 aliphatic carbocycles. The maximum Gasteiger partial charge on any atom is 0.172 e. The molecule has 0 aromatic heterocycles. The number of phenols is 1. The highest BCUT2D eigenvalue weighted by Gasteiger charge is 2.09. The van der Waals surface area contributed by atoms with Crippen LogP contribution in [-0.2, 0) is 11.2 Å². The zero-order valence-electron chi connectivity index (χ0n) is 8.00. The number of benzene rings is 1. The summed E-state index contributed by atoms with van der Waals surface area (Å²) in [5.41, 5.74) is 0.819. The molecule has 14 heavy (non-hydrogen) atoms. The number of phenolic OH excluding ortho intramolecular Hbond substituents is 1. The molecule has 1 N–H and O–H groups in total. The molecular formula is C10H11BrO3. The van der Waals surface area contributed by atoms with E-state index in [4.69, 9.17) is 4.74 Å². The van der Waals surface area contributed by atoms with Gasteiger partial charge in [0, 0.05) is 6.42 Å². The minimum absolute atomic E-state index is 0.0554. The van der Waals surface area contributed by atoms with Gasteiger partial charge in [-0.2, -0.15) is 0 Å². The lowest BCUT2D eigenvalue weighted by Gasteiger charge is -2.07. The van der Waals surface area contributed by atoms with Crippen LogP contribution in [-0.4, -0.2) is 18.0 Å². The van der Waals surface area contributed by atoms with Crippen molar-refractivity contribution < 1.29 is 14.6 Å². The van der Waals surface area contributed by atoms with Crippen molar-refractivity contribution in [2.75, 3.05) is 7.11 Å². The standard InChI is InChI=1S/C10H11BrO3/c1-6(12)3-7-4-8(11)10(13)9(5-7)14-2/h4-5,13H,3H2,1-2H3. The van der Waals surface area contributed by atoms with Gasteiger partial charge in [-0.25, -0.2) is 0 Å². The van der Waals surface area contributed by atoms with Gasteiger partial charge >= 0.3 is 0 Å². The molecule has 0 spiro atoms. The Labute approximate surface area is 90.8 Å². The van der Waals surface area contributed by atoms with Crippen LogP contribution < -0.4 is 4.74 Å². The average Bonchev–Trinajstić information content (AvgIpc) is 2.10. The van der Waals surface area contributed by atoms with Crippen LogP contribution in [0.25, 0.3) is 0 Å². The van der Waals surface area contributed by atoms with E-state index in [2.05, 4.69) is 15.9 Å². The average molecular weight is 259 g/mol. The van der Waals surface area contributed by atoms with Crippen LogP contribution in [0.2, 0.25) is 0 Å². The highest BCUT2D eigenvalue weighted by Crippen LogP contribution is 2.35. The Morgan fingerprint density at radius 2 is 2.21 bits per heavy atom. The van der Waals surface area contributed by atoms with E-state index in [1.54, 1.807) is 12.1 Å². The van der Waals surface area contributed by atoms with Crippen LogP contribution in [0.15, 0.2) is 16.6 Å². The highest BCUT2D eigenvalue weighted by molar-refractivity contribution is 9.10. The van der Waals surface area contributed by atoms with Crippen LogP contribution in [0.3, 0.4) is 0 Å². The second kappa shape index (κ2) is 4.46. The van der Waals surface area contributed by atoms with Gasteiger partial charge in [0.15, 0.2) is 11.5 Å². The molecule has 0 saturated carbocycles. The first-order valence-electron chi connectivity index (χ1n) is 4.09. The fraction of sp³-hybridized carbons (Fsp3) is 0.300. The van der Waals surface area contributed by atoms with E-state index >= 15 is 0 Å². The Balaban J connectivity index is 3.09. The topological polar surface area (TPSA) is 46.5 Å². The normalized spacial score (nSPS) is 9.93. The SMILES string of the molecule is COc1cc(CC(C)=O)cc(Br)c1O. The summed E-state index contributed by atoms with van der Waals surface area (Å²) in [6.07, 6.45) is 0.342. The second-order valence-electron chi connectivity index (χ2n) is 3.01. The van der Waals surface area contributed by atoms with Gasteiger partial charge < -0.3 is 9.84 Å². The number of ketones is 1. The van der Waals surface area contributed by atoms with Crippen LogP contribution in [0.1, 0.15) is 12.5 Å². The molecule has 1 rings (SSSR count). The van der Waals surface area contributed by atoms with Gasteiger partial charge in [0.25, 0.3) is 0 Å². The molecule has 0 aliphatic rings. The number of Topliss-reactive ketones (excluding diaryl/α,β-unsaturated/α-hetero) is 1. The van der Waals surface area contributed by atoms with E-state index in [-0.39, 0.29) is 11.5 Å². The summed E-state index contributed by atoms with van der Waals surface area (Å²) in [6, 6.07) is 3.36. The van der Waals surface area contributed by atoms with E-state index in [9.17, 15) is 9.90 Å². The van der Waals surface area contributed by atoms with Gasteiger partial charge in [0.05, 0.1) is 11.6 Å². The van der Waals surface area contributed by atoms with Gasteiger partial charge in [-0.3, -0.25) is 4.79 Å². The van der Waals surface area contributed by atoms with E-state index in [0.29, 0.717) is 16.6 Å². The summed E-state index contributed by atoms with van der Waals surface area (Å²) >= 11 is 3.19. The molecule has 0 aliphatic heterocycles. The third-order valence-electron chi connectivity index (χ3n) is 1.76. The third kappa shape index (κ3) is 2.48. The molecule has 0 bridgehead atoms. The van der Waals surface area contributed by atoms with Crippen molar-refractivity contribution in [3.63, 3.8) is 0 Å². The molecule has 0 unspecified atom stereocenters. The van der Waals surface area contributed by atoms with Crippen molar-refractivity contribution in [2.45, 2.75) is 13.3 Å². The predicted octanol–water partition coefficient (Wildman–Crippen LogP) is 2.29. The number of hydrogen-bond acceptors (Lipinski definition) is 3. The first-order valence-corrected chi connectivity index (χ1v) is 4.88. The maximum absolute atomic E-state index is 10.9. The van der Waals surface area contributed by atoms with Crippen molar-refractivity contribution in [2.24, 2.45) is 0 Å². The Morgan fingerprint density at radius 1 is 1.57 bits per heavy atom. The fourth-order valence-electron chi connectivity index (χ4n) is 1.17. The molecule has 1 aromatic rings. The van der Waals surface area contributed by atoms with E-state index in [1.165, 1.54) is 14.0 Å². The lowest BCUT2D eigenvalue weighted by atomic mass is 10.1. The lowest BCUT2D eigenvalue weighted by molar-refractivity contribution is -0.116. The number of halogens is 1. The zero-order valence-corrected chi connectivity index (χ0v) is 9.59. The van der Waals surface area contributed by atoms with Crippen molar-refractivity contribution in [1.82, 2.24) is 0 Å². The number of aromatic hydroxyl groups is 1. The summed E-state index contributed by atoms with van der Waals surface area (Å²) in [5.74, 6) is 0.500. The minimum Gasteiger partial charge on any atom is -0.503 e. The Morgan fingerprint density at radius 3 is 2.71 bits per heavy atom. The van der Waals surface area contributed by atoms with Gasteiger partial charge in [-0.05, 0) is 40.5 Å². The molecule has 0 heterocycles. The van der Waals surface area contributed by atoms with Gasteiger partial charge in [0.2, 0.25) is 0 Å². The van der Waals surface area contributed by atoms with Gasteiger partial charge in [0.1, 0.15) is 5.78 Å². The van der Waals surface area contributed by atoms with Crippen molar-refractivity contribution in [1.29, 1.82) is 0 Å². The monoisotopic (exact) mass is 258 g/mol. The summed E-state index contributed by atoms with van der Waals surface area (Å²) in [6.45, 7) is 1.52. The summed E-state index contributed by atoms with van der Waals surface area (Å²) in [5, 5.41) is 9.50. The van der Waals surface area contributed by atoms with Crippen LogP contribution in [0.4, 0.5) is 0 Å². The Bertz CT molecular complexity index is 361. The molecule has 0 fully saturated rings. The van der Waals surface area contributed by atoms with E-state index < -0.39 is 0 Å². The van der Waals surface area contributed by atoms with Crippen LogP contribution in [0, 0.1) is 0 Å². The van der Waals surface area contributed by atoms with Gasteiger partial charge in [-0.15, -0.1) is 0 Å². The number of methoxy groups -OCH3 is 1. The van der Waals surface area contributed by atoms with Crippen LogP contribution >= 0.6 is 15.9 Å². The number of hydrogen-bond donors (Lipinski definition) is 1. The van der Waals surface area contributed by atoms with Crippen molar-refractivity contribution in [3.8, 4) is 11.5 Å². The molecule has 4 heteroatoms. The molecule has 76 valence electrons. The van der Waals surface area contributed by atoms with Gasteiger partial charge in [-0.1, -0.05) is 0 Å². The molecule has 0 amide bonds. The second-order valence-corrected chi connectivity index (χ2v) is 3.86. The highest BCUT2D eigenvalue weighted by atomic mass is 79.9. The zero-order chi connectivity index (χ0) is 10.7. The fourth-order valence-corrected chi connectivity index (χ4v) is 1.66. The number of rotatable bonds is 3. The predicted molar refractivity (Wildman–Crippen MR) is 56.7 cm³/mol. The van der Waals surface area contributed by atoms with Crippen molar-refractivity contribution in [3.05, 3.63) is 22.2 Å². The molecule has 3 nitrogen and oxygen atoms in total. The van der Waals surface area contributed by atoms with E-state index in [0.717, 1.165) is 5.56 Å². The lowest BCUT2D eigenvalue weighted by Crippen LogP contribution is -1.97. The van der Waals surface area contributed by atoms with E-state index in [1.807, 2.05) is 0 Å².